The number of aliphatic carboxylic acids is 1. The molecule has 0 saturated carbocycles. The van der Waals surface area contributed by atoms with Crippen molar-refractivity contribution in [3.8, 4) is 0 Å². The van der Waals surface area contributed by atoms with E-state index in [1.165, 1.54) is 186 Å². The second-order valence-electron chi connectivity index (χ2n) is 14.1. The molecule has 0 aromatic heterocycles. The standard InChI is InChI=1S/C40H80O3/c1-3-5-7-9-10-11-12-13-14-15-16-17-18-19-21-24-27-30-34-38(40(42)43)35-31-28-25-22-20-23-26-29-33-37-39(41)36-32-8-6-4-2/h38-39,41H,3-37H2,1-2H3,(H,42,43). The van der Waals surface area contributed by atoms with E-state index in [2.05, 4.69) is 13.8 Å². The van der Waals surface area contributed by atoms with Crippen molar-refractivity contribution in [1.82, 2.24) is 0 Å². The zero-order chi connectivity index (χ0) is 31.5. The summed E-state index contributed by atoms with van der Waals surface area (Å²) in [7, 11) is 0. The Kier molecular flexibility index (Phi) is 35.4. The Hall–Kier alpha value is -0.570. The van der Waals surface area contributed by atoms with Crippen molar-refractivity contribution >= 4 is 5.97 Å². The molecular weight excluding hydrogens is 528 g/mol. The van der Waals surface area contributed by atoms with Crippen molar-refractivity contribution in [1.29, 1.82) is 0 Å². The fourth-order valence-electron chi connectivity index (χ4n) is 6.64. The van der Waals surface area contributed by atoms with Gasteiger partial charge in [0, 0.05) is 0 Å². The second kappa shape index (κ2) is 35.9. The van der Waals surface area contributed by atoms with Crippen molar-refractivity contribution in [3.05, 3.63) is 0 Å². The molecule has 0 heterocycles. The largest absolute Gasteiger partial charge is 0.481 e. The van der Waals surface area contributed by atoms with Gasteiger partial charge in [0.2, 0.25) is 0 Å². The van der Waals surface area contributed by atoms with Crippen LogP contribution in [0.3, 0.4) is 0 Å². The van der Waals surface area contributed by atoms with Crippen molar-refractivity contribution < 1.29 is 15.0 Å². The van der Waals surface area contributed by atoms with E-state index in [1.54, 1.807) is 0 Å². The summed E-state index contributed by atoms with van der Waals surface area (Å²) in [6.45, 7) is 4.52. The molecule has 0 aliphatic heterocycles. The van der Waals surface area contributed by atoms with Gasteiger partial charge in [0.1, 0.15) is 0 Å². The first kappa shape index (κ1) is 42.4. The van der Waals surface area contributed by atoms with Crippen LogP contribution < -0.4 is 0 Å². The number of carboxylic acid groups (broad SMARTS) is 1. The van der Waals surface area contributed by atoms with Crippen LogP contribution >= 0.6 is 0 Å². The third-order valence-corrected chi connectivity index (χ3v) is 9.74. The van der Waals surface area contributed by atoms with Gasteiger partial charge < -0.3 is 10.2 Å². The molecule has 3 nitrogen and oxygen atoms in total. The second-order valence-corrected chi connectivity index (χ2v) is 14.1. The van der Waals surface area contributed by atoms with E-state index in [1.807, 2.05) is 0 Å². The molecule has 3 heteroatoms. The lowest BCUT2D eigenvalue weighted by molar-refractivity contribution is -0.142. The van der Waals surface area contributed by atoms with Crippen LogP contribution in [-0.2, 0) is 4.79 Å². The molecule has 2 unspecified atom stereocenters. The van der Waals surface area contributed by atoms with E-state index in [4.69, 9.17) is 0 Å². The molecule has 2 atom stereocenters. The van der Waals surface area contributed by atoms with Crippen LogP contribution in [0.1, 0.15) is 239 Å². The Bertz CT molecular complexity index is 534. The normalized spacial score (nSPS) is 13.0. The quantitative estimate of drug-likeness (QED) is 0.0690. The molecule has 258 valence electrons. The first-order valence-electron chi connectivity index (χ1n) is 20.0. The fraction of sp³-hybridized carbons (Fsp3) is 0.975. The van der Waals surface area contributed by atoms with Gasteiger partial charge in [-0.15, -0.1) is 0 Å². The molecule has 0 fully saturated rings. The van der Waals surface area contributed by atoms with Crippen molar-refractivity contribution in [2.45, 2.75) is 245 Å². The van der Waals surface area contributed by atoms with Gasteiger partial charge in [-0.2, -0.15) is 0 Å². The number of carboxylic acids is 1. The highest BCUT2D eigenvalue weighted by Crippen LogP contribution is 2.21. The Morgan fingerprint density at radius 1 is 0.372 bits per heavy atom. The Labute approximate surface area is 271 Å². The minimum atomic E-state index is -0.571. The molecule has 0 aliphatic carbocycles. The topological polar surface area (TPSA) is 57.5 Å². The van der Waals surface area contributed by atoms with Gasteiger partial charge in [0.15, 0.2) is 0 Å². The molecule has 43 heavy (non-hydrogen) atoms. The lowest BCUT2D eigenvalue weighted by Crippen LogP contribution is -2.13. The van der Waals surface area contributed by atoms with Gasteiger partial charge in [0.25, 0.3) is 0 Å². The Morgan fingerprint density at radius 2 is 0.581 bits per heavy atom. The highest BCUT2D eigenvalue weighted by atomic mass is 16.4. The first-order chi connectivity index (χ1) is 21.1. The maximum atomic E-state index is 11.7. The minimum absolute atomic E-state index is 0.0785. The van der Waals surface area contributed by atoms with E-state index < -0.39 is 5.97 Å². The molecule has 0 radical (unpaired) electrons. The highest BCUT2D eigenvalue weighted by molar-refractivity contribution is 5.69. The molecule has 0 amide bonds. The lowest BCUT2D eigenvalue weighted by atomic mass is 9.94. The zero-order valence-corrected chi connectivity index (χ0v) is 29.7. The summed E-state index contributed by atoms with van der Waals surface area (Å²) in [4.78, 5) is 11.7. The van der Waals surface area contributed by atoms with Crippen LogP contribution in [0.15, 0.2) is 0 Å². The lowest BCUT2D eigenvalue weighted by Gasteiger charge is -2.12. The summed E-state index contributed by atoms with van der Waals surface area (Å²) >= 11 is 0. The van der Waals surface area contributed by atoms with Crippen LogP contribution in [0.2, 0.25) is 0 Å². The van der Waals surface area contributed by atoms with Gasteiger partial charge in [-0.05, 0) is 25.7 Å². The zero-order valence-electron chi connectivity index (χ0n) is 29.7. The van der Waals surface area contributed by atoms with E-state index in [0.29, 0.717) is 0 Å². The number of hydrogen-bond donors (Lipinski definition) is 2. The Balaban J connectivity index is 3.41. The number of hydrogen-bond acceptors (Lipinski definition) is 2. The highest BCUT2D eigenvalue weighted by Gasteiger charge is 2.16. The van der Waals surface area contributed by atoms with Gasteiger partial charge in [0.05, 0.1) is 12.0 Å². The number of aliphatic hydroxyl groups excluding tert-OH is 1. The third-order valence-electron chi connectivity index (χ3n) is 9.74. The van der Waals surface area contributed by atoms with Crippen molar-refractivity contribution in [2.24, 2.45) is 5.92 Å². The SMILES string of the molecule is CCCCCCCCCCCCCCCCCCCCC(CCCCCCCCCCCC(O)CCCCCC)C(=O)O. The predicted molar refractivity (Wildman–Crippen MR) is 190 cm³/mol. The number of aliphatic hydroxyl groups is 1. The summed E-state index contributed by atoms with van der Waals surface area (Å²) in [5.74, 6) is -0.693. The molecule has 0 aromatic rings. The smallest absolute Gasteiger partial charge is 0.306 e. The van der Waals surface area contributed by atoms with Gasteiger partial charge >= 0.3 is 5.97 Å². The average molecular weight is 609 g/mol. The van der Waals surface area contributed by atoms with Gasteiger partial charge in [-0.3, -0.25) is 4.79 Å². The molecule has 0 saturated heterocycles. The molecule has 2 N–H and O–H groups in total. The Morgan fingerprint density at radius 3 is 0.837 bits per heavy atom. The number of carbonyl (C=O) groups is 1. The van der Waals surface area contributed by atoms with E-state index >= 15 is 0 Å². The molecule has 0 aromatic carbocycles. The number of unbranched alkanes of at least 4 members (excludes halogenated alkanes) is 28. The minimum Gasteiger partial charge on any atom is -0.481 e. The van der Waals surface area contributed by atoms with Crippen LogP contribution in [-0.4, -0.2) is 22.3 Å². The van der Waals surface area contributed by atoms with E-state index in [9.17, 15) is 15.0 Å². The van der Waals surface area contributed by atoms with Crippen LogP contribution in [0.5, 0.6) is 0 Å². The van der Waals surface area contributed by atoms with Crippen molar-refractivity contribution in [3.63, 3.8) is 0 Å². The van der Waals surface area contributed by atoms with E-state index in [0.717, 1.165) is 38.5 Å². The summed E-state index contributed by atoms with van der Waals surface area (Å²) in [6.07, 6.45) is 44.6. The molecular formula is C40H80O3. The summed E-state index contributed by atoms with van der Waals surface area (Å²) < 4.78 is 0. The predicted octanol–water partition coefficient (Wildman–Crippen LogP) is 13.7. The summed E-state index contributed by atoms with van der Waals surface area (Å²) in [5, 5.41) is 19.7. The maximum absolute atomic E-state index is 11.7. The third kappa shape index (κ3) is 34.1. The van der Waals surface area contributed by atoms with Crippen LogP contribution in [0.4, 0.5) is 0 Å². The molecule has 0 bridgehead atoms. The molecule has 0 aliphatic rings. The van der Waals surface area contributed by atoms with E-state index in [-0.39, 0.29) is 12.0 Å². The molecule has 0 rings (SSSR count). The van der Waals surface area contributed by atoms with Crippen LogP contribution in [0, 0.1) is 5.92 Å². The van der Waals surface area contributed by atoms with Gasteiger partial charge in [-0.25, -0.2) is 0 Å². The summed E-state index contributed by atoms with van der Waals surface area (Å²) in [5.41, 5.74) is 0. The molecule has 0 spiro atoms. The summed E-state index contributed by atoms with van der Waals surface area (Å²) in [6, 6.07) is 0. The fourth-order valence-corrected chi connectivity index (χ4v) is 6.64. The maximum Gasteiger partial charge on any atom is 0.306 e. The van der Waals surface area contributed by atoms with Crippen LogP contribution in [0.25, 0.3) is 0 Å². The average Bonchev–Trinajstić information content (AvgIpc) is 3.00. The monoisotopic (exact) mass is 609 g/mol. The van der Waals surface area contributed by atoms with Crippen molar-refractivity contribution in [2.75, 3.05) is 0 Å². The first-order valence-corrected chi connectivity index (χ1v) is 20.0. The van der Waals surface area contributed by atoms with Gasteiger partial charge in [-0.1, -0.05) is 213 Å². The number of rotatable bonds is 37.